The van der Waals surface area contributed by atoms with Crippen molar-refractivity contribution in [3.63, 3.8) is 0 Å². The summed E-state index contributed by atoms with van der Waals surface area (Å²) in [7, 11) is 0. The molecule has 0 N–H and O–H groups in total. The van der Waals surface area contributed by atoms with Gasteiger partial charge in [-0.25, -0.2) is 0 Å². The predicted molar refractivity (Wildman–Crippen MR) is 31.3 cm³/mol. The molecule has 46 valence electrons. The van der Waals surface area contributed by atoms with E-state index in [-0.39, 0.29) is 24.6 Å². The summed E-state index contributed by atoms with van der Waals surface area (Å²) in [6.07, 6.45) is 0.708. The predicted octanol–water partition coefficient (Wildman–Crippen LogP) is -2.42. The van der Waals surface area contributed by atoms with Gasteiger partial charge in [-0.05, 0) is 0 Å². The first-order chi connectivity index (χ1) is 4.33. The first kappa shape index (κ1) is 9.29. The monoisotopic (exact) mass is 128 g/mol. The Kier molecular flexibility index (Phi) is 3.86. The molecule has 0 unspecified atom stereocenters. The van der Waals surface area contributed by atoms with Gasteiger partial charge in [0.1, 0.15) is 6.29 Å². The van der Waals surface area contributed by atoms with Gasteiger partial charge in [0.25, 0.3) is 0 Å². The van der Waals surface area contributed by atoms with Crippen molar-refractivity contribution in [3.8, 4) is 5.75 Å². The van der Waals surface area contributed by atoms with Crippen molar-refractivity contribution in [3.05, 3.63) is 29.8 Å². The molecule has 0 aliphatic carbocycles. The van der Waals surface area contributed by atoms with Crippen molar-refractivity contribution in [2.75, 3.05) is 0 Å². The standard InChI is InChI=1S/C7H6O2.Li/c8-5-6-1-3-7(9)4-2-6;/h1-5,9H;/q;+1/p-1. The molecular formula is C7H5LiO2. The first-order valence-corrected chi connectivity index (χ1v) is 2.55. The molecule has 0 amide bonds. The van der Waals surface area contributed by atoms with E-state index in [0.717, 1.165) is 0 Å². The molecule has 0 aliphatic rings. The average molecular weight is 128 g/mol. The molecular weight excluding hydrogens is 123 g/mol. The zero-order chi connectivity index (χ0) is 6.69. The topological polar surface area (TPSA) is 40.1 Å². The van der Waals surface area contributed by atoms with Gasteiger partial charge in [0.2, 0.25) is 0 Å². The van der Waals surface area contributed by atoms with Crippen LogP contribution >= 0.6 is 0 Å². The van der Waals surface area contributed by atoms with Gasteiger partial charge in [-0.2, -0.15) is 0 Å². The number of benzene rings is 1. The number of rotatable bonds is 1. The van der Waals surface area contributed by atoms with Gasteiger partial charge in [-0.15, -0.1) is 5.75 Å². The minimum absolute atomic E-state index is 0. The molecule has 0 spiro atoms. The molecule has 1 aromatic rings. The van der Waals surface area contributed by atoms with Crippen LogP contribution in [0.15, 0.2) is 24.3 Å². The van der Waals surface area contributed by atoms with Gasteiger partial charge in [0, 0.05) is 5.56 Å². The van der Waals surface area contributed by atoms with E-state index >= 15 is 0 Å². The summed E-state index contributed by atoms with van der Waals surface area (Å²) in [4.78, 5) is 10.0. The third kappa shape index (κ3) is 2.26. The van der Waals surface area contributed by atoms with Crippen LogP contribution < -0.4 is 24.0 Å². The van der Waals surface area contributed by atoms with Crippen LogP contribution in [0.25, 0.3) is 0 Å². The van der Waals surface area contributed by atoms with Crippen molar-refractivity contribution in [2.24, 2.45) is 0 Å². The molecule has 3 heteroatoms. The quantitative estimate of drug-likeness (QED) is 0.312. The number of carbonyl (C=O) groups excluding carboxylic acids is 1. The van der Waals surface area contributed by atoms with Crippen LogP contribution in [0, 0.1) is 0 Å². The van der Waals surface area contributed by atoms with Crippen LogP contribution in [0.4, 0.5) is 0 Å². The summed E-state index contributed by atoms with van der Waals surface area (Å²) in [6, 6.07) is 5.72. The van der Waals surface area contributed by atoms with Crippen LogP contribution in [0.5, 0.6) is 5.75 Å². The van der Waals surface area contributed by atoms with Crippen molar-refractivity contribution < 1.29 is 28.8 Å². The van der Waals surface area contributed by atoms with Crippen molar-refractivity contribution in [2.45, 2.75) is 0 Å². The molecule has 10 heavy (non-hydrogen) atoms. The van der Waals surface area contributed by atoms with E-state index in [1.165, 1.54) is 24.3 Å². The fourth-order valence-electron chi connectivity index (χ4n) is 0.546. The molecule has 2 nitrogen and oxygen atoms in total. The summed E-state index contributed by atoms with van der Waals surface area (Å²) in [6.45, 7) is 0. The first-order valence-electron chi connectivity index (χ1n) is 2.55. The fourth-order valence-corrected chi connectivity index (χ4v) is 0.546. The summed E-state index contributed by atoms with van der Waals surface area (Å²) in [5.41, 5.74) is 0.537. The van der Waals surface area contributed by atoms with Crippen molar-refractivity contribution in [1.29, 1.82) is 0 Å². The Hall–Kier alpha value is -0.713. The van der Waals surface area contributed by atoms with Gasteiger partial charge >= 0.3 is 18.9 Å². The van der Waals surface area contributed by atoms with E-state index in [4.69, 9.17) is 0 Å². The molecule has 0 saturated heterocycles. The van der Waals surface area contributed by atoms with Gasteiger partial charge in [-0.1, -0.05) is 24.3 Å². The minimum Gasteiger partial charge on any atom is -0.872 e. The van der Waals surface area contributed by atoms with Crippen LogP contribution in [-0.4, -0.2) is 6.29 Å². The zero-order valence-electron chi connectivity index (χ0n) is 5.70. The van der Waals surface area contributed by atoms with E-state index in [1.54, 1.807) is 0 Å². The smallest absolute Gasteiger partial charge is 0.872 e. The number of hydrogen-bond acceptors (Lipinski definition) is 2. The number of aldehydes is 1. The minimum atomic E-state index is -0.0689. The van der Waals surface area contributed by atoms with E-state index < -0.39 is 0 Å². The molecule has 1 aromatic carbocycles. The Morgan fingerprint density at radius 2 is 1.70 bits per heavy atom. The molecule has 0 saturated carbocycles. The number of hydrogen-bond donors (Lipinski definition) is 0. The molecule has 0 aliphatic heterocycles. The van der Waals surface area contributed by atoms with E-state index in [1.807, 2.05) is 0 Å². The molecule has 0 fully saturated rings. The largest absolute Gasteiger partial charge is 1.00 e. The molecule has 0 heterocycles. The molecule has 0 bridgehead atoms. The second-order valence-corrected chi connectivity index (χ2v) is 1.69. The average Bonchev–Trinajstić information content (AvgIpc) is 1.90. The Morgan fingerprint density at radius 1 is 1.20 bits per heavy atom. The van der Waals surface area contributed by atoms with E-state index in [9.17, 15) is 9.90 Å². The second kappa shape index (κ2) is 4.16. The van der Waals surface area contributed by atoms with Gasteiger partial charge in [-0.3, -0.25) is 4.79 Å². The maximum Gasteiger partial charge on any atom is 1.00 e. The summed E-state index contributed by atoms with van der Waals surface area (Å²) >= 11 is 0. The third-order valence-electron chi connectivity index (χ3n) is 1.02. The van der Waals surface area contributed by atoms with Crippen molar-refractivity contribution in [1.82, 2.24) is 0 Å². The van der Waals surface area contributed by atoms with Gasteiger partial charge in [0.05, 0.1) is 0 Å². The normalized spacial score (nSPS) is 8.00. The zero-order valence-corrected chi connectivity index (χ0v) is 5.70. The summed E-state index contributed by atoms with van der Waals surface area (Å²) in [5.74, 6) is -0.0689. The van der Waals surface area contributed by atoms with Crippen LogP contribution in [0.2, 0.25) is 0 Å². The van der Waals surface area contributed by atoms with Crippen LogP contribution in [-0.2, 0) is 0 Å². The Balaban J connectivity index is 0.000000810. The fraction of sp³-hybridized carbons (Fsp3) is 0. The summed E-state index contributed by atoms with van der Waals surface area (Å²) in [5, 5.41) is 10.4. The molecule has 0 aromatic heterocycles. The summed E-state index contributed by atoms with van der Waals surface area (Å²) < 4.78 is 0. The van der Waals surface area contributed by atoms with Crippen molar-refractivity contribution >= 4 is 6.29 Å². The Labute approximate surface area is 71.0 Å². The van der Waals surface area contributed by atoms with Gasteiger partial charge in [0.15, 0.2) is 0 Å². The molecule has 1 rings (SSSR count). The maximum atomic E-state index is 10.4. The van der Waals surface area contributed by atoms with Crippen LogP contribution in [0.1, 0.15) is 10.4 Å². The molecule has 0 atom stereocenters. The van der Waals surface area contributed by atoms with Crippen LogP contribution in [0.3, 0.4) is 0 Å². The third-order valence-corrected chi connectivity index (χ3v) is 1.02. The second-order valence-electron chi connectivity index (χ2n) is 1.69. The van der Waals surface area contributed by atoms with Gasteiger partial charge < -0.3 is 5.11 Å². The number of carbonyl (C=O) groups is 1. The van der Waals surface area contributed by atoms with E-state index in [2.05, 4.69) is 0 Å². The Bertz CT molecular complexity index is 205. The SMILES string of the molecule is O=Cc1ccc([O-])cc1.[Li+]. The molecule has 0 radical (unpaired) electrons. The van der Waals surface area contributed by atoms with E-state index in [0.29, 0.717) is 11.8 Å². The maximum absolute atomic E-state index is 10.4. The Morgan fingerprint density at radius 3 is 2.10 bits per heavy atom.